The fourth-order valence-corrected chi connectivity index (χ4v) is 3.47. The number of anilines is 1. The molecule has 0 aliphatic rings. The van der Waals surface area contributed by atoms with Crippen LogP contribution in [0.2, 0.25) is 0 Å². The minimum Gasteiger partial charge on any atom is -0.506 e. The molecule has 0 unspecified atom stereocenters. The number of hydrogen-bond donors (Lipinski definition) is 1. The topological polar surface area (TPSA) is 66.6 Å². The monoisotopic (exact) mass is 429 g/mol. The van der Waals surface area contributed by atoms with Gasteiger partial charge in [0, 0.05) is 25.5 Å². The maximum atomic E-state index is 10.3. The van der Waals surface area contributed by atoms with E-state index in [1.807, 2.05) is 55.4 Å². The molecule has 0 aliphatic carbocycles. The predicted octanol–water partition coefficient (Wildman–Crippen LogP) is 5.81. The lowest BCUT2D eigenvalue weighted by atomic mass is 10.1. The van der Waals surface area contributed by atoms with Crippen LogP contribution in [-0.2, 0) is 0 Å². The first-order valence-electron chi connectivity index (χ1n) is 8.22. The van der Waals surface area contributed by atoms with Crippen molar-refractivity contribution >= 4 is 43.8 Å². The third-order valence-corrected chi connectivity index (χ3v) is 4.74. The second-order valence-electron chi connectivity index (χ2n) is 6.04. The molecule has 0 bridgehead atoms. The van der Waals surface area contributed by atoms with Crippen molar-refractivity contribution in [1.29, 1.82) is 0 Å². The average molecular weight is 430 g/mol. The highest BCUT2D eigenvalue weighted by Crippen LogP contribution is 2.49. The molecule has 7 heteroatoms. The van der Waals surface area contributed by atoms with Gasteiger partial charge in [0.15, 0.2) is 11.4 Å². The minimum absolute atomic E-state index is 0.0600. The lowest BCUT2D eigenvalue weighted by Crippen LogP contribution is -2.11. The van der Waals surface area contributed by atoms with Crippen LogP contribution in [0.5, 0.6) is 17.2 Å². The van der Waals surface area contributed by atoms with Gasteiger partial charge < -0.3 is 19.5 Å². The number of halogens is 1. The van der Waals surface area contributed by atoms with Gasteiger partial charge in [0.05, 0.1) is 18.7 Å². The number of hydrogen-bond acceptors (Lipinski definition) is 6. The molecule has 0 saturated heterocycles. The molecule has 0 radical (unpaired) electrons. The summed E-state index contributed by atoms with van der Waals surface area (Å²) < 4.78 is 11.7. The molecule has 0 spiro atoms. The molecule has 0 amide bonds. The second-order valence-corrected chi connectivity index (χ2v) is 6.89. The summed E-state index contributed by atoms with van der Waals surface area (Å²) in [7, 11) is 6.94. The van der Waals surface area contributed by atoms with Gasteiger partial charge in [-0.05, 0) is 27.4 Å². The number of aromatic hydroxyl groups is 1. The highest BCUT2D eigenvalue weighted by Gasteiger charge is 2.20. The number of azo groups is 1. The van der Waals surface area contributed by atoms with Gasteiger partial charge in [0.25, 0.3) is 0 Å². The highest BCUT2D eigenvalue weighted by atomic mass is 79.9. The molecule has 140 valence electrons. The maximum absolute atomic E-state index is 10.3. The fourth-order valence-electron chi connectivity index (χ4n) is 2.91. The van der Waals surface area contributed by atoms with E-state index in [1.165, 1.54) is 0 Å². The van der Waals surface area contributed by atoms with Crippen molar-refractivity contribution in [2.75, 3.05) is 33.2 Å². The van der Waals surface area contributed by atoms with Gasteiger partial charge in [-0.3, -0.25) is 0 Å². The summed E-state index contributed by atoms with van der Waals surface area (Å²) >= 11 is 3.49. The summed E-state index contributed by atoms with van der Waals surface area (Å²) in [5.41, 5.74) is 1.63. The largest absolute Gasteiger partial charge is 0.506 e. The molecule has 0 aromatic heterocycles. The van der Waals surface area contributed by atoms with E-state index in [4.69, 9.17) is 9.47 Å². The SMILES string of the molecule is COc1cc(Br)c(OC)c(N=Nc2c(O)ccc3ccccc23)c1N(C)C. The zero-order valence-corrected chi connectivity index (χ0v) is 17.1. The van der Waals surface area contributed by atoms with E-state index in [1.54, 1.807) is 20.3 Å². The number of rotatable bonds is 5. The van der Waals surface area contributed by atoms with Gasteiger partial charge >= 0.3 is 0 Å². The van der Waals surface area contributed by atoms with Crippen molar-refractivity contribution in [3.63, 3.8) is 0 Å². The quantitative estimate of drug-likeness (QED) is 0.519. The fraction of sp³-hybridized carbons (Fsp3) is 0.200. The van der Waals surface area contributed by atoms with Crippen LogP contribution < -0.4 is 14.4 Å². The Labute approximate surface area is 166 Å². The first kappa shape index (κ1) is 19.0. The van der Waals surface area contributed by atoms with Crippen LogP contribution in [0, 0.1) is 0 Å². The smallest absolute Gasteiger partial charge is 0.162 e. The van der Waals surface area contributed by atoms with E-state index in [2.05, 4.69) is 26.2 Å². The first-order chi connectivity index (χ1) is 13.0. The van der Waals surface area contributed by atoms with E-state index in [9.17, 15) is 5.11 Å². The average Bonchev–Trinajstić information content (AvgIpc) is 2.66. The Bertz CT molecular complexity index is 1020. The minimum atomic E-state index is 0.0600. The number of nitrogens with zero attached hydrogens (tertiary/aromatic N) is 3. The third kappa shape index (κ3) is 3.55. The van der Waals surface area contributed by atoms with Crippen molar-refractivity contribution < 1.29 is 14.6 Å². The van der Waals surface area contributed by atoms with Gasteiger partial charge in [-0.1, -0.05) is 30.3 Å². The molecule has 0 atom stereocenters. The third-order valence-electron chi connectivity index (χ3n) is 4.15. The Morgan fingerprint density at radius 3 is 2.33 bits per heavy atom. The molecule has 3 rings (SSSR count). The van der Waals surface area contributed by atoms with E-state index in [-0.39, 0.29) is 5.75 Å². The molecular weight excluding hydrogens is 410 g/mol. The Morgan fingerprint density at radius 2 is 1.67 bits per heavy atom. The van der Waals surface area contributed by atoms with E-state index >= 15 is 0 Å². The lowest BCUT2D eigenvalue weighted by molar-refractivity contribution is 0.402. The number of ether oxygens (including phenoxy) is 2. The molecule has 6 nitrogen and oxygen atoms in total. The van der Waals surface area contributed by atoms with Crippen molar-refractivity contribution in [2.24, 2.45) is 10.2 Å². The number of benzene rings is 3. The van der Waals surface area contributed by atoms with E-state index in [0.717, 1.165) is 16.5 Å². The van der Waals surface area contributed by atoms with Crippen LogP contribution in [0.15, 0.2) is 57.2 Å². The molecule has 3 aromatic carbocycles. The van der Waals surface area contributed by atoms with Gasteiger partial charge in [-0.15, -0.1) is 10.2 Å². The van der Waals surface area contributed by atoms with E-state index < -0.39 is 0 Å². The van der Waals surface area contributed by atoms with Crippen LogP contribution >= 0.6 is 15.9 Å². The van der Waals surface area contributed by atoms with Crippen molar-refractivity contribution in [3.8, 4) is 17.2 Å². The van der Waals surface area contributed by atoms with Crippen LogP contribution in [-0.4, -0.2) is 33.4 Å². The summed E-state index contributed by atoms with van der Waals surface area (Å²) in [5.74, 6) is 1.22. The summed E-state index contributed by atoms with van der Waals surface area (Å²) in [5, 5.41) is 20.9. The lowest BCUT2D eigenvalue weighted by Gasteiger charge is -2.21. The molecular formula is C20H20BrN3O3. The van der Waals surface area contributed by atoms with Crippen molar-refractivity contribution in [1.82, 2.24) is 0 Å². The molecule has 1 N–H and O–H groups in total. The van der Waals surface area contributed by atoms with Crippen LogP contribution in [0.4, 0.5) is 17.1 Å². The number of methoxy groups -OCH3 is 2. The molecule has 0 heterocycles. The zero-order valence-electron chi connectivity index (χ0n) is 15.5. The predicted molar refractivity (Wildman–Crippen MR) is 111 cm³/mol. The van der Waals surface area contributed by atoms with Crippen molar-refractivity contribution in [3.05, 3.63) is 46.9 Å². The highest BCUT2D eigenvalue weighted by molar-refractivity contribution is 9.10. The van der Waals surface area contributed by atoms with Crippen LogP contribution in [0.25, 0.3) is 10.8 Å². The summed E-state index contributed by atoms with van der Waals surface area (Å²) in [6, 6.07) is 13.0. The van der Waals surface area contributed by atoms with Crippen LogP contribution in [0.3, 0.4) is 0 Å². The van der Waals surface area contributed by atoms with Gasteiger partial charge in [0.1, 0.15) is 22.9 Å². The first-order valence-corrected chi connectivity index (χ1v) is 9.01. The van der Waals surface area contributed by atoms with Gasteiger partial charge in [-0.2, -0.15) is 0 Å². The normalized spacial score (nSPS) is 11.1. The van der Waals surface area contributed by atoms with E-state index in [0.29, 0.717) is 27.3 Å². The maximum Gasteiger partial charge on any atom is 0.162 e. The molecule has 27 heavy (non-hydrogen) atoms. The molecule has 0 fully saturated rings. The number of phenols is 1. The standard InChI is InChI=1S/C20H20BrN3O3/c1-24(2)19-16(26-3)11-14(21)20(27-4)18(19)23-22-17-13-8-6-5-7-12(13)9-10-15(17)25/h5-11,25H,1-4H3. The zero-order chi connectivity index (χ0) is 19.6. The molecule has 0 aliphatic heterocycles. The Balaban J connectivity index is 2.24. The molecule has 0 saturated carbocycles. The molecule has 3 aromatic rings. The van der Waals surface area contributed by atoms with Crippen LogP contribution in [0.1, 0.15) is 0 Å². The summed E-state index contributed by atoms with van der Waals surface area (Å²) in [6.45, 7) is 0. The second kappa shape index (κ2) is 7.84. The van der Waals surface area contributed by atoms with Gasteiger partial charge in [0.2, 0.25) is 0 Å². The Hall–Kier alpha value is -2.80. The number of phenolic OH excluding ortho intramolecular Hbond substituents is 1. The Kier molecular flexibility index (Phi) is 5.51. The number of fused-ring (bicyclic) bond motifs is 1. The summed E-state index contributed by atoms with van der Waals surface area (Å²) in [6.07, 6.45) is 0. The Morgan fingerprint density at radius 1 is 0.963 bits per heavy atom. The van der Waals surface area contributed by atoms with Gasteiger partial charge in [-0.25, -0.2) is 0 Å². The summed E-state index contributed by atoms with van der Waals surface area (Å²) in [4.78, 5) is 1.88. The van der Waals surface area contributed by atoms with Crippen molar-refractivity contribution in [2.45, 2.75) is 0 Å².